The monoisotopic (exact) mass is 475 g/mol. The van der Waals surface area contributed by atoms with E-state index in [2.05, 4.69) is 27.4 Å². The first-order valence-corrected chi connectivity index (χ1v) is 11.2. The van der Waals surface area contributed by atoms with Gasteiger partial charge in [-0.2, -0.15) is 5.10 Å². The molecule has 10 heteroatoms. The Kier molecular flexibility index (Phi) is 6.79. The van der Waals surface area contributed by atoms with Crippen LogP contribution in [0.15, 0.2) is 29.1 Å². The summed E-state index contributed by atoms with van der Waals surface area (Å²) in [5, 5.41) is 12.0. The maximum Gasteiger partial charge on any atom is 0.272 e. The number of rotatable bonds is 7. The molecule has 4 rings (SSSR count). The number of aryl methyl sites for hydroxylation is 1. The van der Waals surface area contributed by atoms with Gasteiger partial charge in [0.2, 0.25) is 0 Å². The van der Waals surface area contributed by atoms with Gasteiger partial charge in [0.25, 0.3) is 12.0 Å². The highest BCUT2D eigenvalue weighted by atomic mass is 19.3. The van der Waals surface area contributed by atoms with E-state index in [0.29, 0.717) is 59.7 Å². The molecule has 0 radical (unpaired) electrons. The summed E-state index contributed by atoms with van der Waals surface area (Å²) in [6.45, 7) is 7.51. The lowest BCUT2D eigenvalue weighted by Gasteiger charge is -2.24. The number of alkyl halides is 2. The van der Waals surface area contributed by atoms with Gasteiger partial charge in [0.05, 0.1) is 29.4 Å². The van der Waals surface area contributed by atoms with Crippen molar-refractivity contribution in [3.05, 3.63) is 57.3 Å². The number of H-pyrrole nitrogens is 1. The molecule has 2 aromatic heterocycles. The molecule has 3 aromatic rings. The maximum atomic E-state index is 14.7. The molecule has 1 saturated heterocycles. The normalized spacial score (nSPS) is 19.1. The smallest absolute Gasteiger partial charge is 0.272 e. The molecule has 1 aromatic carbocycles. The van der Waals surface area contributed by atoms with Crippen LogP contribution in [0.2, 0.25) is 0 Å². The zero-order valence-corrected chi connectivity index (χ0v) is 19.5. The fraction of sp³-hybridized carbons (Fsp3) is 0.458. The van der Waals surface area contributed by atoms with Gasteiger partial charge >= 0.3 is 0 Å². The first-order chi connectivity index (χ1) is 16.2. The van der Waals surface area contributed by atoms with Crippen LogP contribution in [-0.4, -0.2) is 42.0 Å². The second-order valence-corrected chi connectivity index (χ2v) is 8.98. The number of ether oxygens (including phenoxy) is 1. The average molecular weight is 476 g/mol. The Morgan fingerprint density at radius 2 is 2.00 bits per heavy atom. The summed E-state index contributed by atoms with van der Waals surface area (Å²) < 4.78 is 46.5. The number of anilines is 2. The summed E-state index contributed by atoms with van der Waals surface area (Å²) in [5.74, 6) is 0.0641. The molecule has 0 aliphatic carbocycles. The third kappa shape index (κ3) is 4.59. The number of aromatic nitrogens is 3. The van der Waals surface area contributed by atoms with Gasteiger partial charge in [0, 0.05) is 37.1 Å². The molecule has 0 unspecified atom stereocenters. The lowest BCUT2D eigenvalue weighted by molar-refractivity contribution is 0.146. The van der Waals surface area contributed by atoms with Crippen LogP contribution in [0.5, 0.6) is 0 Å². The highest BCUT2D eigenvalue weighted by Crippen LogP contribution is 2.31. The molecule has 3 atom stereocenters. The fourth-order valence-electron chi connectivity index (χ4n) is 4.35. The second kappa shape index (κ2) is 9.61. The van der Waals surface area contributed by atoms with Gasteiger partial charge in [-0.1, -0.05) is 25.1 Å². The molecular formula is C24H28F3N5O2. The first kappa shape index (κ1) is 24.0. The van der Waals surface area contributed by atoms with Gasteiger partial charge in [-0.25, -0.2) is 13.2 Å². The maximum absolute atomic E-state index is 14.7. The molecule has 3 heterocycles. The number of pyridine rings is 1. The Hall–Kier alpha value is -3.14. The van der Waals surface area contributed by atoms with Crippen molar-refractivity contribution in [3.63, 3.8) is 0 Å². The van der Waals surface area contributed by atoms with Gasteiger partial charge in [0.1, 0.15) is 11.5 Å². The molecule has 1 aliphatic heterocycles. The van der Waals surface area contributed by atoms with Crippen LogP contribution in [0.4, 0.5) is 24.7 Å². The van der Waals surface area contributed by atoms with E-state index >= 15 is 0 Å². The number of benzene rings is 1. The van der Waals surface area contributed by atoms with Crippen molar-refractivity contribution in [1.29, 1.82) is 0 Å². The van der Waals surface area contributed by atoms with E-state index in [1.807, 2.05) is 11.9 Å². The van der Waals surface area contributed by atoms with Crippen LogP contribution >= 0.6 is 0 Å². The Bertz CT molecular complexity index is 1250. The molecule has 7 nitrogen and oxygen atoms in total. The molecule has 2 N–H and O–H groups in total. The van der Waals surface area contributed by atoms with Crippen molar-refractivity contribution in [2.45, 2.75) is 33.2 Å². The molecular weight excluding hydrogens is 447 g/mol. The number of nitrogens with zero attached hydrogens (tertiary/aromatic N) is 3. The first-order valence-electron chi connectivity index (χ1n) is 11.2. The van der Waals surface area contributed by atoms with Crippen molar-refractivity contribution in [3.8, 4) is 0 Å². The third-order valence-corrected chi connectivity index (χ3v) is 6.49. The summed E-state index contributed by atoms with van der Waals surface area (Å²) in [6, 6.07) is 4.98. The molecule has 0 spiro atoms. The summed E-state index contributed by atoms with van der Waals surface area (Å²) in [5.41, 5.74) is 0.678. The highest BCUT2D eigenvalue weighted by Gasteiger charge is 2.27. The number of aromatic amines is 1. The Morgan fingerprint density at radius 3 is 2.68 bits per heavy atom. The van der Waals surface area contributed by atoms with Gasteiger partial charge in [-0.15, -0.1) is 5.10 Å². The number of hydrogen-bond donors (Lipinski definition) is 2. The van der Waals surface area contributed by atoms with Crippen LogP contribution in [-0.2, 0) is 4.74 Å². The molecule has 34 heavy (non-hydrogen) atoms. The van der Waals surface area contributed by atoms with E-state index in [4.69, 9.17) is 4.74 Å². The Labute approximate surface area is 195 Å². The second-order valence-electron chi connectivity index (χ2n) is 8.98. The van der Waals surface area contributed by atoms with Crippen LogP contribution in [0, 0.1) is 24.6 Å². The lowest BCUT2D eigenvalue weighted by Crippen LogP contribution is -2.32. The molecule has 0 amide bonds. The molecule has 1 fully saturated rings. The predicted octanol–water partition coefficient (Wildman–Crippen LogP) is 4.60. The van der Waals surface area contributed by atoms with Crippen LogP contribution in [0.25, 0.3) is 10.9 Å². The Morgan fingerprint density at radius 1 is 1.26 bits per heavy atom. The SMILES string of the molecule is Cc1nnc(N[C@H](C)c2cccc(C(F)F)c2F)c2cc(N(C)C[C@@H]3COC[C@@H]3C)c(=O)[nH]c12. The minimum atomic E-state index is -2.91. The number of halogens is 3. The minimum Gasteiger partial charge on any atom is -0.381 e. The van der Waals surface area contributed by atoms with Gasteiger partial charge in [-0.05, 0) is 25.8 Å². The summed E-state index contributed by atoms with van der Waals surface area (Å²) in [4.78, 5) is 17.6. The van der Waals surface area contributed by atoms with Crippen LogP contribution < -0.4 is 15.8 Å². The third-order valence-electron chi connectivity index (χ3n) is 6.49. The standard InChI is InChI=1S/C24H28F3N5O2/c1-12-10-34-11-15(12)9-32(4)19-8-18-21(29-24(19)33)14(3)30-31-23(18)28-13(2)16-6-5-7-17(20(16)25)22(26)27/h5-8,12-13,15,22H,9-11H2,1-4H3,(H,28,31)(H,29,33)/t12-,13+,15+/m0/s1. The van der Waals surface area contributed by atoms with E-state index in [9.17, 15) is 18.0 Å². The van der Waals surface area contributed by atoms with E-state index in [0.717, 1.165) is 6.07 Å². The van der Waals surface area contributed by atoms with Gasteiger partial charge in [0.15, 0.2) is 5.82 Å². The van der Waals surface area contributed by atoms with E-state index in [-0.39, 0.29) is 11.1 Å². The highest BCUT2D eigenvalue weighted by molar-refractivity contribution is 5.92. The predicted molar refractivity (Wildman–Crippen MR) is 125 cm³/mol. The number of hydrogen-bond acceptors (Lipinski definition) is 6. The van der Waals surface area contributed by atoms with Crippen LogP contribution in [0.1, 0.15) is 43.1 Å². The fourth-order valence-corrected chi connectivity index (χ4v) is 4.35. The number of fused-ring (bicyclic) bond motifs is 1. The van der Waals surface area contributed by atoms with Crippen molar-refractivity contribution in [2.75, 3.05) is 37.0 Å². The van der Waals surface area contributed by atoms with E-state index < -0.39 is 23.8 Å². The van der Waals surface area contributed by atoms with Crippen LogP contribution in [0.3, 0.4) is 0 Å². The average Bonchev–Trinajstić information content (AvgIpc) is 3.19. The van der Waals surface area contributed by atoms with E-state index in [1.165, 1.54) is 12.1 Å². The van der Waals surface area contributed by atoms with Crippen molar-refractivity contribution < 1.29 is 17.9 Å². The molecule has 182 valence electrons. The van der Waals surface area contributed by atoms with Crippen molar-refractivity contribution in [1.82, 2.24) is 15.2 Å². The summed E-state index contributed by atoms with van der Waals surface area (Å²) in [6.07, 6.45) is -2.91. The lowest BCUT2D eigenvalue weighted by atomic mass is 9.97. The molecule has 1 aliphatic rings. The summed E-state index contributed by atoms with van der Waals surface area (Å²) >= 11 is 0. The van der Waals surface area contributed by atoms with Crippen molar-refractivity contribution in [2.24, 2.45) is 11.8 Å². The topological polar surface area (TPSA) is 83.1 Å². The summed E-state index contributed by atoms with van der Waals surface area (Å²) in [7, 11) is 1.85. The van der Waals surface area contributed by atoms with Gasteiger partial charge < -0.3 is 19.9 Å². The molecule has 0 bridgehead atoms. The number of nitrogens with one attached hydrogen (secondary N) is 2. The minimum absolute atomic E-state index is 0.0883. The van der Waals surface area contributed by atoms with E-state index in [1.54, 1.807) is 19.9 Å². The van der Waals surface area contributed by atoms with Crippen molar-refractivity contribution >= 4 is 22.4 Å². The Balaban J connectivity index is 1.69. The molecule has 0 saturated carbocycles. The zero-order valence-electron chi connectivity index (χ0n) is 19.5. The largest absolute Gasteiger partial charge is 0.381 e. The zero-order chi connectivity index (χ0) is 24.6. The van der Waals surface area contributed by atoms with Gasteiger partial charge in [-0.3, -0.25) is 4.79 Å². The quantitative estimate of drug-likeness (QED) is 0.520.